The van der Waals surface area contributed by atoms with E-state index < -0.39 is 12.8 Å². The number of alkyl halides is 3. The maximum atomic E-state index is 11.8. The summed E-state index contributed by atoms with van der Waals surface area (Å²) >= 11 is 0. The quantitative estimate of drug-likeness (QED) is 0.769. The van der Waals surface area contributed by atoms with Gasteiger partial charge < -0.3 is 9.47 Å². The van der Waals surface area contributed by atoms with E-state index in [0.29, 0.717) is 5.75 Å². The maximum Gasteiger partial charge on any atom is 0.411 e. The van der Waals surface area contributed by atoms with Crippen LogP contribution >= 0.6 is 0 Å². The zero-order chi connectivity index (χ0) is 13.7. The molecule has 0 saturated heterocycles. The predicted molar refractivity (Wildman–Crippen MR) is 66.3 cm³/mol. The van der Waals surface area contributed by atoms with Gasteiger partial charge in [-0.1, -0.05) is 36.4 Å². The first-order chi connectivity index (χ1) is 9.06. The number of fused-ring (bicyclic) bond motifs is 1. The number of benzene rings is 2. The molecule has 102 valence electrons. The van der Waals surface area contributed by atoms with Gasteiger partial charge in [0, 0.05) is 5.39 Å². The van der Waals surface area contributed by atoms with Crippen LogP contribution in [0.15, 0.2) is 42.5 Å². The number of hydrogen-bond donors (Lipinski definition) is 0. The van der Waals surface area contributed by atoms with Gasteiger partial charge in [-0.3, -0.25) is 0 Å². The van der Waals surface area contributed by atoms with E-state index in [4.69, 9.17) is 4.74 Å². The summed E-state index contributed by atoms with van der Waals surface area (Å²) in [5, 5.41) is 1.96. The lowest BCUT2D eigenvalue weighted by molar-refractivity contribution is -0.175. The van der Waals surface area contributed by atoms with Gasteiger partial charge in [0.15, 0.2) is 0 Å². The zero-order valence-corrected chi connectivity index (χ0v) is 10.1. The van der Waals surface area contributed by atoms with Gasteiger partial charge in [0.25, 0.3) is 0 Å². The van der Waals surface area contributed by atoms with Crippen molar-refractivity contribution in [2.45, 2.75) is 6.18 Å². The first-order valence-electron chi connectivity index (χ1n) is 5.81. The summed E-state index contributed by atoms with van der Waals surface area (Å²) in [5.74, 6) is 0.647. The molecule has 5 heteroatoms. The van der Waals surface area contributed by atoms with Crippen LogP contribution in [-0.4, -0.2) is 26.0 Å². The van der Waals surface area contributed by atoms with Gasteiger partial charge in [-0.25, -0.2) is 0 Å². The van der Waals surface area contributed by atoms with E-state index in [2.05, 4.69) is 4.74 Å². The van der Waals surface area contributed by atoms with Crippen molar-refractivity contribution in [2.75, 3.05) is 19.8 Å². The second-order valence-corrected chi connectivity index (χ2v) is 3.99. The Balaban J connectivity index is 1.88. The average Bonchev–Trinajstić information content (AvgIpc) is 2.37. The Morgan fingerprint density at radius 1 is 0.895 bits per heavy atom. The Morgan fingerprint density at radius 2 is 1.63 bits per heavy atom. The van der Waals surface area contributed by atoms with E-state index in [1.165, 1.54) is 0 Å². The van der Waals surface area contributed by atoms with Crippen molar-refractivity contribution in [3.8, 4) is 5.75 Å². The molecule has 0 aliphatic rings. The van der Waals surface area contributed by atoms with E-state index >= 15 is 0 Å². The Kier molecular flexibility index (Phi) is 4.27. The molecule has 0 saturated carbocycles. The molecule has 2 rings (SSSR count). The minimum Gasteiger partial charge on any atom is -0.491 e. The fourth-order valence-corrected chi connectivity index (χ4v) is 1.72. The predicted octanol–water partition coefficient (Wildman–Crippen LogP) is 3.80. The van der Waals surface area contributed by atoms with Gasteiger partial charge in [0.05, 0.1) is 6.61 Å². The van der Waals surface area contributed by atoms with E-state index in [1.54, 1.807) is 6.07 Å². The second-order valence-electron chi connectivity index (χ2n) is 3.99. The molecule has 2 nitrogen and oxygen atoms in total. The van der Waals surface area contributed by atoms with E-state index in [0.717, 1.165) is 10.8 Å². The van der Waals surface area contributed by atoms with Gasteiger partial charge in [-0.2, -0.15) is 13.2 Å². The minimum atomic E-state index is -4.29. The third-order valence-electron chi connectivity index (χ3n) is 2.50. The Bertz CT molecular complexity index is 532. The maximum absolute atomic E-state index is 11.8. The van der Waals surface area contributed by atoms with E-state index in [-0.39, 0.29) is 13.2 Å². The van der Waals surface area contributed by atoms with Crippen molar-refractivity contribution in [1.29, 1.82) is 0 Å². The van der Waals surface area contributed by atoms with Gasteiger partial charge in [0.1, 0.15) is 19.0 Å². The van der Waals surface area contributed by atoms with Crippen molar-refractivity contribution in [3.63, 3.8) is 0 Å². The highest BCUT2D eigenvalue weighted by Gasteiger charge is 2.27. The minimum absolute atomic E-state index is 0.0874. The van der Waals surface area contributed by atoms with Crippen LogP contribution in [0.4, 0.5) is 13.2 Å². The molecule has 0 fully saturated rings. The molecule has 2 aromatic carbocycles. The molecule has 2 aromatic rings. The van der Waals surface area contributed by atoms with Crippen LogP contribution in [-0.2, 0) is 4.74 Å². The van der Waals surface area contributed by atoms with Gasteiger partial charge in [-0.15, -0.1) is 0 Å². The molecule has 0 unspecified atom stereocenters. The second kappa shape index (κ2) is 5.93. The summed E-state index contributed by atoms with van der Waals surface area (Å²) in [5.41, 5.74) is 0. The molecule has 0 bridgehead atoms. The Hall–Kier alpha value is -1.75. The van der Waals surface area contributed by atoms with Crippen molar-refractivity contribution < 1.29 is 22.6 Å². The third kappa shape index (κ3) is 4.13. The first-order valence-corrected chi connectivity index (χ1v) is 5.81. The van der Waals surface area contributed by atoms with E-state index in [1.807, 2.05) is 36.4 Å². The van der Waals surface area contributed by atoms with Gasteiger partial charge in [0.2, 0.25) is 0 Å². The van der Waals surface area contributed by atoms with Gasteiger partial charge >= 0.3 is 6.18 Å². The lowest BCUT2D eigenvalue weighted by Gasteiger charge is -2.10. The number of hydrogen-bond acceptors (Lipinski definition) is 2. The standard InChI is InChI=1S/C14H13F3O2/c15-14(16,17)10-18-8-9-19-13-7-3-5-11-4-1-2-6-12(11)13/h1-7H,8-10H2. The van der Waals surface area contributed by atoms with Gasteiger partial charge in [-0.05, 0) is 11.5 Å². The fourth-order valence-electron chi connectivity index (χ4n) is 1.72. The summed E-state index contributed by atoms with van der Waals surface area (Å²) in [6.45, 7) is -1.25. The molecule has 0 aliphatic carbocycles. The SMILES string of the molecule is FC(F)(F)COCCOc1cccc2ccccc12. The lowest BCUT2D eigenvalue weighted by atomic mass is 10.1. The topological polar surface area (TPSA) is 18.5 Å². The summed E-state index contributed by atoms with van der Waals surface area (Å²) < 4.78 is 45.5. The van der Waals surface area contributed by atoms with Crippen molar-refractivity contribution in [2.24, 2.45) is 0 Å². The molecule has 0 N–H and O–H groups in total. The van der Waals surface area contributed by atoms with Crippen molar-refractivity contribution in [1.82, 2.24) is 0 Å². The molecule has 0 radical (unpaired) electrons. The zero-order valence-electron chi connectivity index (χ0n) is 10.1. The smallest absolute Gasteiger partial charge is 0.411 e. The summed E-state index contributed by atoms with van der Waals surface area (Å²) in [6.07, 6.45) is -4.29. The van der Waals surface area contributed by atoms with Crippen molar-refractivity contribution in [3.05, 3.63) is 42.5 Å². The highest BCUT2D eigenvalue weighted by molar-refractivity contribution is 5.88. The van der Waals surface area contributed by atoms with Crippen LogP contribution in [0, 0.1) is 0 Å². The highest BCUT2D eigenvalue weighted by Crippen LogP contribution is 2.25. The van der Waals surface area contributed by atoms with Crippen molar-refractivity contribution >= 4 is 10.8 Å². The highest BCUT2D eigenvalue weighted by atomic mass is 19.4. The summed E-state index contributed by atoms with van der Waals surface area (Å²) in [4.78, 5) is 0. The van der Waals surface area contributed by atoms with Crippen LogP contribution in [0.5, 0.6) is 5.75 Å². The van der Waals surface area contributed by atoms with Crippen LogP contribution < -0.4 is 4.74 Å². The number of halogens is 3. The summed E-state index contributed by atoms with van der Waals surface area (Å²) in [6, 6.07) is 13.2. The Morgan fingerprint density at radius 3 is 2.42 bits per heavy atom. The monoisotopic (exact) mass is 270 g/mol. The molecule has 0 aromatic heterocycles. The Labute approximate surface area is 108 Å². The molecule has 0 amide bonds. The molecule has 0 heterocycles. The molecule has 0 spiro atoms. The molecule has 0 atom stereocenters. The molecular weight excluding hydrogens is 257 g/mol. The largest absolute Gasteiger partial charge is 0.491 e. The van der Waals surface area contributed by atoms with Crippen LogP contribution in [0.25, 0.3) is 10.8 Å². The summed E-state index contributed by atoms with van der Waals surface area (Å²) in [7, 11) is 0. The van der Waals surface area contributed by atoms with Crippen LogP contribution in [0.3, 0.4) is 0 Å². The average molecular weight is 270 g/mol. The third-order valence-corrected chi connectivity index (χ3v) is 2.50. The lowest BCUT2D eigenvalue weighted by Crippen LogP contribution is -2.19. The van der Waals surface area contributed by atoms with E-state index in [9.17, 15) is 13.2 Å². The normalized spacial score (nSPS) is 11.7. The molecule has 0 aliphatic heterocycles. The van der Waals surface area contributed by atoms with Crippen LogP contribution in [0.2, 0.25) is 0 Å². The number of rotatable bonds is 5. The molecular formula is C14H13F3O2. The van der Waals surface area contributed by atoms with Crippen LogP contribution in [0.1, 0.15) is 0 Å². The molecule has 19 heavy (non-hydrogen) atoms. The first kappa shape index (κ1) is 13.7. The fraction of sp³-hybridized carbons (Fsp3) is 0.286. The number of ether oxygens (including phenoxy) is 2.